The maximum atomic E-state index is 12.7. The van der Waals surface area contributed by atoms with Crippen LogP contribution in [-0.2, 0) is 9.53 Å². The fourth-order valence-corrected chi connectivity index (χ4v) is 3.71. The van der Waals surface area contributed by atoms with Crippen molar-refractivity contribution >= 4 is 11.6 Å². The second kappa shape index (κ2) is 8.12. The number of rotatable bonds is 7. The average molecular weight is 391 g/mol. The molecule has 0 spiro atoms. The third-order valence-electron chi connectivity index (χ3n) is 5.18. The fraction of sp³-hybridized carbons (Fsp3) is 0.450. The Labute approximate surface area is 163 Å². The molecule has 0 saturated carbocycles. The molecule has 0 aromatic heterocycles. The van der Waals surface area contributed by atoms with E-state index in [1.807, 2.05) is 6.08 Å². The van der Waals surface area contributed by atoms with Gasteiger partial charge < -0.3 is 34.1 Å². The Kier molecular flexibility index (Phi) is 5.81. The SMILES string of the molecule is COc1cc(N2C(=O)[C@H](CO)[C@H]2C2=CCC(OC)C(O)=C2)cc(OC)c1OC. The molecular formula is C20H25NO7. The fourth-order valence-electron chi connectivity index (χ4n) is 3.71. The van der Waals surface area contributed by atoms with Crippen molar-refractivity contribution in [3.63, 3.8) is 0 Å². The van der Waals surface area contributed by atoms with Crippen molar-refractivity contribution in [2.24, 2.45) is 5.92 Å². The molecule has 1 saturated heterocycles. The van der Waals surface area contributed by atoms with E-state index in [1.54, 1.807) is 23.1 Å². The van der Waals surface area contributed by atoms with Gasteiger partial charge in [0.05, 0.1) is 45.6 Å². The number of ether oxygens (including phenoxy) is 4. The van der Waals surface area contributed by atoms with Gasteiger partial charge in [0.1, 0.15) is 11.9 Å². The van der Waals surface area contributed by atoms with Crippen LogP contribution >= 0.6 is 0 Å². The molecule has 1 unspecified atom stereocenters. The van der Waals surface area contributed by atoms with Gasteiger partial charge in [-0.15, -0.1) is 0 Å². The molecule has 3 atom stereocenters. The van der Waals surface area contributed by atoms with Crippen molar-refractivity contribution in [3.8, 4) is 17.2 Å². The molecule has 8 nitrogen and oxygen atoms in total. The molecule has 1 aromatic carbocycles. The quantitative estimate of drug-likeness (QED) is 0.684. The molecule has 2 N–H and O–H groups in total. The lowest BCUT2D eigenvalue weighted by Crippen LogP contribution is -2.63. The van der Waals surface area contributed by atoms with Crippen LogP contribution in [0.1, 0.15) is 6.42 Å². The number of aliphatic hydroxyl groups excluding tert-OH is 2. The topological polar surface area (TPSA) is 97.7 Å². The summed E-state index contributed by atoms with van der Waals surface area (Å²) in [7, 11) is 6.04. The van der Waals surface area contributed by atoms with Gasteiger partial charge in [0.2, 0.25) is 11.7 Å². The lowest BCUT2D eigenvalue weighted by atomic mass is 9.80. The van der Waals surface area contributed by atoms with E-state index >= 15 is 0 Å². The number of β-lactam (4-membered cyclic amide) rings is 1. The van der Waals surface area contributed by atoms with Crippen molar-refractivity contribution in [2.45, 2.75) is 18.6 Å². The first-order chi connectivity index (χ1) is 13.5. The minimum atomic E-state index is -0.589. The van der Waals surface area contributed by atoms with Gasteiger partial charge in [0.15, 0.2) is 11.5 Å². The van der Waals surface area contributed by atoms with E-state index in [2.05, 4.69) is 0 Å². The minimum absolute atomic E-state index is 0.0980. The highest BCUT2D eigenvalue weighted by Crippen LogP contribution is 2.45. The molecule has 2 aliphatic rings. The Morgan fingerprint density at radius 3 is 2.21 bits per heavy atom. The molecule has 8 heteroatoms. The van der Waals surface area contributed by atoms with E-state index in [9.17, 15) is 15.0 Å². The van der Waals surface area contributed by atoms with Crippen LogP contribution in [0.2, 0.25) is 0 Å². The van der Waals surface area contributed by atoms with Gasteiger partial charge in [-0.25, -0.2) is 0 Å². The maximum absolute atomic E-state index is 12.7. The van der Waals surface area contributed by atoms with Gasteiger partial charge in [-0.2, -0.15) is 0 Å². The lowest BCUT2D eigenvalue weighted by molar-refractivity contribution is -0.130. The van der Waals surface area contributed by atoms with Crippen LogP contribution in [0.15, 0.2) is 35.6 Å². The van der Waals surface area contributed by atoms with Crippen molar-refractivity contribution in [1.82, 2.24) is 0 Å². The first-order valence-electron chi connectivity index (χ1n) is 8.88. The minimum Gasteiger partial charge on any atom is -0.510 e. The van der Waals surface area contributed by atoms with Gasteiger partial charge in [-0.3, -0.25) is 4.79 Å². The highest BCUT2D eigenvalue weighted by atomic mass is 16.5. The predicted molar refractivity (Wildman–Crippen MR) is 102 cm³/mol. The number of carbonyl (C=O) groups excluding carboxylic acids is 1. The first-order valence-corrected chi connectivity index (χ1v) is 8.88. The van der Waals surface area contributed by atoms with Crippen LogP contribution in [0.3, 0.4) is 0 Å². The van der Waals surface area contributed by atoms with Crippen LogP contribution in [0.4, 0.5) is 5.69 Å². The van der Waals surface area contributed by atoms with Gasteiger partial charge in [0, 0.05) is 19.2 Å². The lowest BCUT2D eigenvalue weighted by Gasteiger charge is -2.48. The molecule has 152 valence electrons. The summed E-state index contributed by atoms with van der Waals surface area (Å²) in [6.07, 6.45) is 3.60. The van der Waals surface area contributed by atoms with Crippen LogP contribution < -0.4 is 19.1 Å². The van der Waals surface area contributed by atoms with Crippen LogP contribution in [0.25, 0.3) is 0 Å². The zero-order valence-electron chi connectivity index (χ0n) is 16.3. The Balaban J connectivity index is 2.01. The van der Waals surface area contributed by atoms with Crippen molar-refractivity contribution < 1.29 is 34.0 Å². The average Bonchev–Trinajstić information content (AvgIpc) is 2.71. The maximum Gasteiger partial charge on any atom is 0.235 e. The second-order valence-electron chi connectivity index (χ2n) is 6.56. The molecule has 1 aliphatic heterocycles. The third kappa shape index (κ3) is 3.18. The van der Waals surface area contributed by atoms with E-state index in [-0.39, 0.29) is 18.3 Å². The largest absolute Gasteiger partial charge is 0.510 e. The van der Waals surface area contributed by atoms with Crippen molar-refractivity contribution in [3.05, 3.63) is 35.6 Å². The number of methoxy groups -OCH3 is 4. The monoisotopic (exact) mass is 391 g/mol. The molecule has 0 bridgehead atoms. The third-order valence-corrected chi connectivity index (χ3v) is 5.18. The summed E-state index contributed by atoms with van der Waals surface area (Å²) in [4.78, 5) is 14.3. The summed E-state index contributed by atoms with van der Waals surface area (Å²) in [6.45, 7) is -0.288. The smallest absolute Gasteiger partial charge is 0.235 e. The molecule has 1 amide bonds. The van der Waals surface area contributed by atoms with Gasteiger partial charge >= 0.3 is 0 Å². The summed E-state index contributed by atoms with van der Waals surface area (Å²) in [6, 6.07) is 2.95. The molecule has 1 aromatic rings. The number of hydrogen-bond donors (Lipinski definition) is 2. The van der Waals surface area contributed by atoms with E-state index in [4.69, 9.17) is 18.9 Å². The first kappa shape index (κ1) is 20.0. The summed E-state index contributed by atoms with van der Waals surface area (Å²) >= 11 is 0. The van der Waals surface area contributed by atoms with Crippen LogP contribution in [0, 0.1) is 5.92 Å². The summed E-state index contributed by atoms with van der Waals surface area (Å²) in [5, 5.41) is 19.9. The number of carbonyl (C=O) groups is 1. The van der Waals surface area contributed by atoms with Crippen molar-refractivity contribution in [2.75, 3.05) is 39.9 Å². The summed E-state index contributed by atoms with van der Waals surface area (Å²) in [5.74, 6) is 0.561. The van der Waals surface area contributed by atoms with Crippen LogP contribution in [0.5, 0.6) is 17.2 Å². The Hall–Kier alpha value is -2.71. The number of hydrogen-bond acceptors (Lipinski definition) is 7. The van der Waals surface area contributed by atoms with E-state index in [0.717, 1.165) is 5.57 Å². The molecule has 1 aliphatic carbocycles. The Bertz CT molecular complexity index is 792. The molecule has 3 rings (SSSR count). The number of amides is 1. The number of anilines is 1. The van der Waals surface area contributed by atoms with Gasteiger partial charge in [-0.05, 0) is 18.1 Å². The van der Waals surface area contributed by atoms with E-state index in [0.29, 0.717) is 29.4 Å². The highest BCUT2D eigenvalue weighted by Gasteiger charge is 2.49. The molecule has 1 fully saturated rings. The van der Waals surface area contributed by atoms with Gasteiger partial charge in [0.25, 0.3) is 0 Å². The molecular weight excluding hydrogens is 366 g/mol. The molecule has 1 heterocycles. The Morgan fingerprint density at radius 1 is 1.11 bits per heavy atom. The number of aliphatic hydroxyl groups is 2. The number of benzene rings is 1. The van der Waals surface area contributed by atoms with Crippen LogP contribution in [-0.4, -0.2) is 63.3 Å². The Morgan fingerprint density at radius 2 is 1.75 bits per heavy atom. The highest BCUT2D eigenvalue weighted by molar-refractivity contribution is 6.05. The number of nitrogens with zero attached hydrogens (tertiary/aromatic N) is 1. The molecule has 0 radical (unpaired) electrons. The molecule has 28 heavy (non-hydrogen) atoms. The van der Waals surface area contributed by atoms with E-state index < -0.39 is 18.1 Å². The van der Waals surface area contributed by atoms with E-state index in [1.165, 1.54) is 28.4 Å². The predicted octanol–water partition coefficient (Wildman–Crippen LogP) is 1.82. The summed E-state index contributed by atoms with van der Waals surface area (Å²) < 4.78 is 21.3. The zero-order chi connectivity index (χ0) is 20.4. The standard InChI is InChI=1S/C20H25NO7/c1-25-15-6-5-11(7-14(15)23)18-13(10-22)20(24)21(18)12-8-16(26-2)19(28-4)17(9-12)27-3/h5,7-9,13,15,18,22-23H,6,10H2,1-4H3/t13-,15?,18-/m1/s1. The van der Waals surface area contributed by atoms with Gasteiger partial charge in [-0.1, -0.05) is 6.08 Å². The zero-order valence-corrected chi connectivity index (χ0v) is 16.3. The van der Waals surface area contributed by atoms with Crippen molar-refractivity contribution in [1.29, 1.82) is 0 Å². The second-order valence-corrected chi connectivity index (χ2v) is 6.56. The summed E-state index contributed by atoms with van der Waals surface area (Å²) in [5.41, 5.74) is 1.30. The normalized spacial score (nSPS) is 24.2.